The predicted octanol–water partition coefficient (Wildman–Crippen LogP) is 1.69. The van der Waals surface area contributed by atoms with Gasteiger partial charge in [-0.15, -0.1) is 0 Å². The lowest BCUT2D eigenvalue weighted by molar-refractivity contribution is -0.140. The molecular weight excluding hydrogens is 178 g/mol. The van der Waals surface area contributed by atoms with Crippen molar-refractivity contribution in [2.45, 2.75) is 13.0 Å². The van der Waals surface area contributed by atoms with Crippen LogP contribution in [0.25, 0.3) is 0 Å². The van der Waals surface area contributed by atoms with Crippen molar-refractivity contribution in [1.82, 2.24) is 4.90 Å². The van der Waals surface area contributed by atoms with Gasteiger partial charge in [0, 0.05) is 0 Å². The first-order valence-electron chi connectivity index (χ1n) is 4.52. The molecule has 0 aromatic rings. The van der Waals surface area contributed by atoms with Crippen molar-refractivity contribution in [3.8, 4) is 0 Å². The number of aliphatic carboxylic acids is 1. The van der Waals surface area contributed by atoms with E-state index in [2.05, 4.69) is 6.58 Å². The summed E-state index contributed by atoms with van der Waals surface area (Å²) < 4.78 is 0. The maximum atomic E-state index is 10.8. The zero-order valence-electron chi connectivity index (χ0n) is 8.68. The summed E-state index contributed by atoms with van der Waals surface area (Å²) in [4.78, 5) is 12.6. The fourth-order valence-electron chi connectivity index (χ4n) is 0.927. The molecule has 0 spiro atoms. The topological polar surface area (TPSA) is 40.5 Å². The number of carboxylic acids is 1. The Bertz CT molecular complexity index is 244. The molecule has 1 N–H and O–H groups in total. The molecule has 1 atom stereocenters. The highest BCUT2D eigenvalue weighted by Gasteiger charge is 2.16. The molecule has 0 rings (SSSR count). The van der Waals surface area contributed by atoms with Crippen molar-refractivity contribution in [1.29, 1.82) is 0 Å². The van der Waals surface area contributed by atoms with Crippen LogP contribution in [-0.4, -0.2) is 35.6 Å². The molecule has 78 valence electrons. The molecule has 0 aliphatic carbocycles. The first kappa shape index (κ1) is 12.7. The Hall–Kier alpha value is -1.35. The zero-order chi connectivity index (χ0) is 11.0. The van der Waals surface area contributed by atoms with Crippen molar-refractivity contribution in [3.63, 3.8) is 0 Å². The van der Waals surface area contributed by atoms with Crippen molar-refractivity contribution in [2.24, 2.45) is 0 Å². The summed E-state index contributed by atoms with van der Waals surface area (Å²) in [5.74, 6) is -0.836. The average molecular weight is 195 g/mol. The van der Waals surface area contributed by atoms with Crippen molar-refractivity contribution in [3.05, 3.63) is 37.0 Å². The van der Waals surface area contributed by atoms with Crippen molar-refractivity contribution >= 4 is 5.97 Å². The van der Waals surface area contributed by atoms with E-state index < -0.39 is 12.0 Å². The number of allylic oxidation sites excluding steroid dienone is 4. The van der Waals surface area contributed by atoms with Gasteiger partial charge in [-0.2, -0.15) is 0 Å². The minimum atomic E-state index is -0.836. The molecule has 0 amide bonds. The second-order valence-corrected chi connectivity index (χ2v) is 2.86. The van der Waals surface area contributed by atoms with Gasteiger partial charge in [-0.25, -0.2) is 0 Å². The number of carbonyl (C=O) groups is 1. The summed E-state index contributed by atoms with van der Waals surface area (Å²) in [5.41, 5.74) is 0. The molecule has 3 heteroatoms. The predicted molar refractivity (Wildman–Crippen MR) is 58.2 cm³/mol. The molecule has 0 aromatic heterocycles. The number of likely N-dealkylation sites (N-methyl/N-ethyl adjacent to an activating group) is 1. The van der Waals surface area contributed by atoms with Gasteiger partial charge in [-0.3, -0.25) is 9.69 Å². The van der Waals surface area contributed by atoms with Crippen LogP contribution in [-0.2, 0) is 4.79 Å². The van der Waals surface area contributed by atoms with Crippen LogP contribution in [0.2, 0.25) is 0 Å². The van der Waals surface area contributed by atoms with E-state index in [1.807, 2.05) is 6.92 Å². The number of nitrogens with zero attached hydrogens (tertiary/aromatic N) is 1. The van der Waals surface area contributed by atoms with E-state index in [0.717, 1.165) is 0 Å². The summed E-state index contributed by atoms with van der Waals surface area (Å²) in [5, 5.41) is 8.89. The van der Waals surface area contributed by atoms with Gasteiger partial charge >= 0.3 is 5.97 Å². The highest BCUT2D eigenvalue weighted by atomic mass is 16.4. The van der Waals surface area contributed by atoms with Crippen LogP contribution in [0, 0.1) is 0 Å². The molecule has 1 unspecified atom stereocenters. The van der Waals surface area contributed by atoms with Crippen molar-refractivity contribution in [2.75, 3.05) is 13.6 Å². The first-order valence-corrected chi connectivity index (χ1v) is 4.52. The molecule has 0 aliphatic heterocycles. The van der Waals surface area contributed by atoms with E-state index >= 15 is 0 Å². The monoisotopic (exact) mass is 195 g/mol. The summed E-state index contributed by atoms with van der Waals surface area (Å²) in [6.45, 7) is 6.14. The van der Waals surface area contributed by atoms with Crippen LogP contribution >= 0.6 is 0 Å². The Kier molecular flexibility index (Phi) is 6.41. The fraction of sp³-hybridized carbons (Fsp3) is 0.364. The van der Waals surface area contributed by atoms with E-state index in [4.69, 9.17) is 5.11 Å². The van der Waals surface area contributed by atoms with E-state index in [1.165, 1.54) is 0 Å². The Labute approximate surface area is 85.0 Å². The second-order valence-electron chi connectivity index (χ2n) is 2.86. The molecular formula is C11H17NO2. The van der Waals surface area contributed by atoms with E-state index in [9.17, 15) is 4.79 Å². The molecule has 0 saturated carbocycles. The maximum absolute atomic E-state index is 10.8. The molecule has 14 heavy (non-hydrogen) atoms. The number of hydrogen-bond acceptors (Lipinski definition) is 2. The lowest BCUT2D eigenvalue weighted by Gasteiger charge is -2.19. The molecule has 0 bridgehead atoms. The maximum Gasteiger partial charge on any atom is 0.324 e. The van der Waals surface area contributed by atoms with Crippen LogP contribution in [0.5, 0.6) is 0 Å². The molecule has 0 aliphatic rings. The third-order valence-corrected chi connectivity index (χ3v) is 1.88. The van der Waals surface area contributed by atoms with Gasteiger partial charge in [0.1, 0.15) is 6.04 Å². The van der Waals surface area contributed by atoms with Crippen LogP contribution in [0.1, 0.15) is 6.92 Å². The molecule has 0 radical (unpaired) electrons. The van der Waals surface area contributed by atoms with Crippen LogP contribution in [0.15, 0.2) is 37.0 Å². The van der Waals surface area contributed by atoms with Gasteiger partial charge < -0.3 is 5.11 Å². The molecule has 0 fully saturated rings. The lowest BCUT2D eigenvalue weighted by atomic mass is 10.2. The first-order chi connectivity index (χ1) is 6.63. The van der Waals surface area contributed by atoms with Crippen LogP contribution in [0.4, 0.5) is 0 Å². The molecule has 3 nitrogen and oxygen atoms in total. The van der Waals surface area contributed by atoms with Gasteiger partial charge in [0.15, 0.2) is 0 Å². The lowest BCUT2D eigenvalue weighted by Crippen LogP contribution is -2.36. The minimum absolute atomic E-state index is 0.561. The van der Waals surface area contributed by atoms with Gasteiger partial charge in [-0.1, -0.05) is 43.9 Å². The van der Waals surface area contributed by atoms with Gasteiger partial charge in [0.2, 0.25) is 0 Å². The summed E-state index contributed by atoms with van der Waals surface area (Å²) in [6.07, 6.45) is 8.51. The van der Waals surface area contributed by atoms with Gasteiger partial charge in [-0.05, 0) is 13.6 Å². The number of rotatable bonds is 6. The standard InChI is InChI=1S/C11H17NO2/c1-4-6-7-8-9-10(11(13)14)12(3)5-2/h4,6-10H,1,5H2,2-3H3,(H,13,14)/b7-6-,9-8+. The smallest absolute Gasteiger partial charge is 0.324 e. The Morgan fingerprint density at radius 1 is 1.50 bits per heavy atom. The van der Waals surface area contributed by atoms with Crippen LogP contribution < -0.4 is 0 Å². The molecule has 0 saturated heterocycles. The quantitative estimate of drug-likeness (QED) is 0.656. The Morgan fingerprint density at radius 3 is 2.57 bits per heavy atom. The number of hydrogen-bond donors (Lipinski definition) is 1. The zero-order valence-corrected chi connectivity index (χ0v) is 8.68. The third-order valence-electron chi connectivity index (χ3n) is 1.88. The van der Waals surface area contributed by atoms with E-state index in [0.29, 0.717) is 6.54 Å². The number of carboxylic acid groups (broad SMARTS) is 1. The Morgan fingerprint density at radius 2 is 2.14 bits per heavy atom. The normalized spacial score (nSPS) is 13.9. The average Bonchev–Trinajstić information content (AvgIpc) is 2.16. The third kappa shape index (κ3) is 4.62. The van der Waals surface area contributed by atoms with Gasteiger partial charge in [0.25, 0.3) is 0 Å². The summed E-state index contributed by atoms with van der Waals surface area (Å²) >= 11 is 0. The highest BCUT2D eigenvalue weighted by molar-refractivity contribution is 5.75. The second kappa shape index (κ2) is 7.09. The molecule has 0 heterocycles. The fourth-order valence-corrected chi connectivity index (χ4v) is 0.927. The highest BCUT2D eigenvalue weighted by Crippen LogP contribution is 1.98. The Balaban J connectivity index is 4.37. The SMILES string of the molecule is C=C/C=C\C=C\C(C(=O)O)N(C)CC. The van der Waals surface area contributed by atoms with Crippen LogP contribution in [0.3, 0.4) is 0 Å². The molecule has 0 aromatic carbocycles. The van der Waals surface area contributed by atoms with Gasteiger partial charge in [0.05, 0.1) is 0 Å². The van der Waals surface area contributed by atoms with Crippen molar-refractivity contribution < 1.29 is 9.90 Å². The summed E-state index contributed by atoms with van der Waals surface area (Å²) in [7, 11) is 1.78. The minimum Gasteiger partial charge on any atom is -0.480 e. The summed E-state index contributed by atoms with van der Waals surface area (Å²) in [6, 6.07) is -0.561. The largest absolute Gasteiger partial charge is 0.480 e. The van der Waals surface area contributed by atoms with E-state index in [-0.39, 0.29) is 0 Å². The van der Waals surface area contributed by atoms with E-state index in [1.54, 1.807) is 42.3 Å².